The Bertz CT molecular complexity index is 1220. The zero-order valence-electron chi connectivity index (χ0n) is 15.5. The maximum Gasteiger partial charge on any atom is 0.355 e. The summed E-state index contributed by atoms with van der Waals surface area (Å²) in [5, 5.41) is 20.1. The fourth-order valence-electron chi connectivity index (χ4n) is 3.12. The number of hydrogen-bond acceptors (Lipinski definition) is 7. The van der Waals surface area contributed by atoms with Gasteiger partial charge in [0.15, 0.2) is 0 Å². The van der Waals surface area contributed by atoms with Crippen LogP contribution in [0.25, 0.3) is 16.7 Å². The van der Waals surface area contributed by atoms with Crippen molar-refractivity contribution in [3.8, 4) is 5.82 Å². The highest BCUT2D eigenvalue weighted by Gasteiger charge is 2.26. The van der Waals surface area contributed by atoms with Crippen molar-refractivity contribution in [3.63, 3.8) is 0 Å². The summed E-state index contributed by atoms with van der Waals surface area (Å²) in [4.78, 5) is 24.1. The van der Waals surface area contributed by atoms with E-state index in [1.54, 1.807) is 0 Å². The molecule has 0 amide bonds. The predicted octanol–water partition coefficient (Wildman–Crippen LogP) is 3.79. The second-order valence-electron chi connectivity index (χ2n) is 6.44. The largest absolute Gasteiger partial charge is 0.355 e. The summed E-state index contributed by atoms with van der Waals surface area (Å²) < 4.78 is 1.45. The summed E-state index contributed by atoms with van der Waals surface area (Å²) in [6, 6.07) is 11.2. The number of hydrogen-bond donors (Lipinski definition) is 1. The zero-order valence-corrected chi connectivity index (χ0v) is 15.5. The van der Waals surface area contributed by atoms with Crippen molar-refractivity contribution in [2.75, 3.05) is 5.32 Å². The number of nitro groups is 1. The minimum absolute atomic E-state index is 0.0932. The molecule has 0 bridgehead atoms. The molecule has 0 radical (unpaired) electrons. The summed E-state index contributed by atoms with van der Waals surface area (Å²) in [6.45, 7) is 5.55. The van der Waals surface area contributed by atoms with Gasteiger partial charge in [0.05, 0.1) is 16.1 Å². The van der Waals surface area contributed by atoms with Crippen LogP contribution in [0.3, 0.4) is 0 Å². The molecule has 1 N–H and O–H groups in total. The first-order chi connectivity index (χ1) is 13.4. The average Bonchev–Trinajstić information content (AvgIpc) is 2.99. The molecular formula is C19H17N7O2. The maximum absolute atomic E-state index is 11.9. The Morgan fingerprint density at radius 2 is 1.89 bits per heavy atom. The molecule has 9 nitrogen and oxygen atoms in total. The highest BCUT2D eigenvalue weighted by Crippen LogP contribution is 2.32. The summed E-state index contributed by atoms with van der Waals surface area (Å²) >= 11 is 0. The van der Waals surface area contributed by atoms with Gasteiger partial charge in [-0.15, -0.1) is 0 Å². The molecule has 3 heterocycles. The van der Waals surface area contributed by atoms with E-state index in [0.717, 1.165) is 28.0 Å². The van der Waals surface area contributed by atoms with E-state index in [0.29, 0.717) is 5.69 Å². The van der Waals surface area contributed by atoms with Crippen molar-refractivity contribution in [2.45, 2.75) is 20.8 Å². The van der Waals surface area contributed by atoms with Crippen molar-refractivity contribution in [1.29, 1.82) is 0 Å². The number of pyridine rings is 1. The van der Waals surface area contributed by atoms with Crippen molar-refractivity contribution in [1.82, 2.24) is 24.7 Å². The van der Waals surface area contributed by atoms with E-state index < -0.39 is 4.92 Å². The van der Waals surface area contributed by atoms with Crippen molar-refractivity contribution >= 4 is 28.1 Å². The molecule has 0 atom stereocenters. The van der Waals surface area contributed by atoms with Gasteiger partial charge in [-0.25, -0.2) is 14.6 Å². The molecule has 4 rings (SSSR count). The summed E-state index contributed by atoms with van der Waals surface area (Å²) in [7, 11) is 0. The molecule has 0 aliphatic rings. The Morgan fingerprint density at radius 3 is 2.61 bits per heavy atom. The average molecular weight is 375 g/mol. The third-order valence-corrected chi connectivity index (χ3v) is 4.32. The van der Waals surface area contributed by atoms with Gasteiger partial charge in [-0.1, -0.05) is 6.07 Å². The third kappa shape index (κ3) is 3.02. The number of aromatic nitrogens is 5. The SMILES string of the molecule is Cc1ccc2c(Nc3ncnc(-n4nc(C)cc4C)c3[N+](=O)[O-])cccc2n1. The molecule has 28 heavy (non-hydrogen) atoms. The number of nitrogens with one attached hydrogen (secondary N) is 1. The molecule has 0 spiro atoms. The molecule has 140 valence electrons. The highest BCUT2D eigenvalue weighted by molar-refractivity contribution is 5.93. The minimum atomic E-state index is -0.498. The van der Waals surface area contributed by atoms with Gasteiger partial charge in [0.25, 0.3) is 0 Å². The van der Waals surface area contributed by atoms with Crippen LogP contribution in [0.4, 0.5) is 17.2 Å². The van der Waals surface area contributed by atoms with E-state index in [1.165, 1.54) is 11.0 Å². The standard InChI is InChI=1S/C19H17N7O2/c1-11-7-8-14-15(22-11)5-4-6-16(14)23-18-17(26(27)28)19(21-10-20-18)25-13(3)9-12(2)24-25/h4-10H,1-3H3,(H,20,21,23). The molecule has 0 fully saturated rings. The van der Waals surface area contributed by atoms with Crippen molar-refractivity contribution in [3.05, 3.63) is 69.9 Å². The van der Waals surface area contributed by atoms with Gasteiger partial charge in [-0.3, -0.25) is 15.1 Å². The van der Waals surface area contributed by atoms with E-state index in [1.807, 2.05) is 57.2 Å². The van der Waals surface area contributed by atoms with Gasteiger partial charge in [-0.2, -0.15) is 5.10 Å². The Morgan fingerprint density at radius 1 is 1.07 bits per heavy atom. The number of rotatable bonds is 4. The Labute approximate surface area is 160 Å². The van der Waals surface area contributed by atoms with Crippen LogP contribution in [-0.2, 0) is 0 Å². The van der Waals surface area contributed by atoms with E-state index in [2.05, 4.69) is 25.4 Å². The molecule has 1 aromatic carbocycles. The first-order valence-corrected chi connectivity index (χ1v) is 8.60. The molecule has 0 saturated carbocycles. The third-order valence-electron chi connectivity index (χ3n) is 4.32. The second kappa shape index (κ2) is 6.69. The lowest BCUT2D eigenvalue weighted by Gasteiger charge is -2.11. The molecule has 3 aromatic heterocycles. The van der Waals surface area contributed by atoms with Gasteiger partial charge in [0, 0.05) is 22.5 Å². The van der Waals surface area contributed by atoms with Crippen molar-refractivity contribution in [2.24, 2.45) is 0 Å². The van der Waals surface area contributed by atoms with Gasteiger partial charge < -0.3 is 5.32 Å². The highest BCUT2D eigenvalue weighted by atomic mass is 16.6. The number of aryl methyl sites for hydroxylation is 3. The summed E-state index contributed by atoms with van der Waals surface area (Å²) in [5.74, 6) is 0.206. The van der Waals surface area contributed by atoms with E-state index in [-0.39, 0.29) is 17.3 Å². The van der Waals surface area contributed by atoms with Gasteiger partial charge in [0.2, 0.25) is 11.6 Å². The molecule has 4 aromatic rings. The molecule has 0 aliphatic carbocycles. The van der Waals surface area contributed by atoms with Crippen LogP contribution in [0.5, 0.6) is 0 Å². The topological polar surface area (TPSA) is 112 Å². The molecule has 9 heteroatoms. The summed E-state index contributed by atoms with van der Waals surface area (Å²) in [5.41, 5.74) is 3.60. The van der Waals surface area contributed by atoms with Crippen LogP contribution >= 0.6 is 0 Å². The fraction of sp³-hybridized carbons (Fsp3) is 0.158. The number of anilines is 2. The number of benzene rings is 1. The van der Waals surface area contributed by atoms with Crippen LogP contribution in [0.1, 0.15) is 17.1 Å². The molecular weight excluding hydrogens is 358 g/mol. The van der Waals surface area contributed by atoms with Crippen LogP contribution in [0, 0.1) is 30.9 Å². The molecule has 0 unspecified atom stereocenters. The van der Waals surface area contributed by atoms with Crippen LogP contribution < -0.4 is 5.32 Å². The predicted molar refractivity (Wildman–Crippen MR) is 105 cm³/mol. The minimum Gasteiger partial charge on any atom is -0.334 e. The van der Waals surface area contributed by atoms with Gasteiger partial charge >= 0.3 is 5.69 Å². The lowest BCUT2D eigenvalue weighted by atomic mass is 10.1. The molecule has 0 saturated heterocycles. The lowest BCUT2D eigenvalue weighted by molar-refractivity contribution is -0.384. The van der Waals surface area contributed by atoms with Gasteiger partial charge in [0.1, 0.15) is 6.33 Å². The molecule has 0 aliphatic heterocycles. The fourth-order valence-corrected chi connectivity index (χ4v) is 3.12. The van der Waals surface area contributed by atoms with E-state index >= 15 is 0 Å². The van der Waals surface area contributed by atoms with Crippen LogP contribution in [0.2, 0.25) is 0 Å². The Hall–Kier alpha value is -3.88. The van der Waals surface area contributed by atoms with Crippen molar-refractivity contribution < 1.29 is 4.92 Å². The van der Waals surface area contributed by atoms with E-state index in [9.17, 15) is 10.1 Å². The van der Waals surface area contributed by atoms with Gasteiger partial charge in [-0.05, 0) is 51.1 Å². The first-order valence-electron chi connectivity index (χ1n) is 8.60. The maximum atomic E-state index is 11.9. The van der Waals surface area contributed by atoms with Crippen LogP contribution in [0.15, 0.2) is 42.7 Å². The first kappa shape index (κ1) is 17.5. The van der Waals surface area contributed by atoms with E-state index in [4.69, 9.17) is 0 Å². The second-order valence-corrected chi connectivity index (χ2v) is 6.44. The lowest BCUT2D eigenvalue weighted by Crippen LogP contribution is -2.10. The quantitative estimate of drug-likeness (QED) is 0.426. The summed E-state index contributed by atoms with van der Waals surface area (Å²) in [6.07, 6.45) is 1.29. The number of nitrogens with zero attached hydrogens (tertiary/aromatic N) is 6. The van der Waals surface area contributed by atoms with Crippen LogP contribution in [-0.4, -0.2) is 29.7 Å². The zero-order chi connectivity index (χ0) is 19.8. The Balaban J connectivity index is 1.87. The monoisotopic (exact) mass is 375 g/mol. The normalized spacial score (nSPS) is 11.0. The smallest absolute Gasteiger partial charge is 0.334 e. The Kier molecular flexibility index (Phi) is 4.19. The number of fused-ring (bicyclic) bond motifs is 1.